The third-order valence-corrected chi connectivity index (χ3v) is 2.05. The molecule has 0 bridgehead atoms. The predicted octanol–water partition coefficient (Wildman–Crippen LogP) is 1.65. The summed E-state index contributed by atoms with van der Waals surface area (Å²) in [5.74, 6) is -0.439. The lowest BCUT2D eigenvalue weighted by Gasteiger charge is -2.03. The minimum Gasteiger partial charge on any atom is -0.399 e. The van der Waals surface area contributed by atoms with E-state index in [1.54, 1.807) is 12.1 Å². The van der Waals surface area contributed by atoms with Crippen LogP contribution in [0.3, 0.4) is 0 Å². The first kappa shape index (κ1) is 8.89. The number of hydrogen-bond acceptors (Lipinski definition) is 3. The summed E-state index contributed by atoms with van der Waals surface area (Å²) >= 11 is 4.88. The second-order valence-corrected chi connectivity index (χ2v) is 3.08. The van der Waals surface area contributed by atoms with E-state index in [1.165, 1.54) is 17.1 Å². The van der Waals surface area contributed by atoms with Gasteiger partial charge in [0.1, 0.15) is 12.0 Å². The first-order valence-corrected chi connectivity index (χ1v) is 4.27. The van der Waals surface area contributed by atoms with Crippen LogP contribution >= 0.6 is 12.2 Å². The zero-order chi connectivity index (χ0) is 10.1. The zero-order valence-electron chi connectivity index (χ0n) is 7.07. The van der Waals surface area contributed by atoms with Gasteiger partial charge in [0.25, 0.3) is 0 Å². The van der Waals surface area contributed by atoms with Crippen molar-refractivity contribution in [2.45, 2.75) is 0 Å². The molecule has 0 atom stereocenters. The fraction of sp³-hybridized carbons (Fsp3) is 0. The third kappa shape index (κ3) is 1.39. The van der Waals surface area contributed by atoms with Gasteiger partial charge < -0.3 is 5.73 Å². The molecule has 72 valence electrons. The molecule has 0 radical (unpaired) electrons. The van der Waals surface area contributed by atoms with Gasteiger partial charge in [-0.15, -0.1) is 0 Å². The van der Waals surface area contributed by atoms with Gasteiger partial charge in [-0.3, -0.25) is 5.10 Å². The Bertz CT molecular complexity index is 516. The van der Waals surface area contributed by atoms with Crippen LogP contribution in [0.2, 0.25) is 0 Å². The number of nitrogens with two attached hydrogens (primary N) is 1. The fourth-order valence-corrected chi connectivity index (χ4v) is 1.34. The Balaban J connectivity index is 2.63. The molecule has 0 amide bonds. The van der Waals surface area contributed by atoms with Crippen LogP contribution in [0.25, 0.3) is 5.69 Å². The molecule has 0 aliphatic heterocycles. The molecule has 6 heteroatoms. The van der Waals surface area contributed by atoms with E-state index in [1.807, 2.05) is 0 Å². The summed E-state index contributed by atoms with van der Waals surface area (Å²) in [6, 6.07) is 4.37. The molecule has 3 N–H and O–H groups in total. The lowest BCUT2D eigenvalue weighted by Crippen LogP contribution is -2.00. The van der Waals surface area contributed by atoms with Gasteiger partial charge in [0.2, 0.25) is 4.77 Å². The van der Waals surface area contributed by atoms with E-state index >= 15 is 0 Å². The number of nitrogens with one attached hydrogen (secondary N) is 1. The Labute approximate surface area is 84.2 Å². The molecule has 0 aliphatic carbocycles. The quantitative estimate of drug-likeness (QED) is 0.555. The molecule has 0 saturated carbocycles. The van der Waals surface area contributed by atoms with Crippen molar-refractivity contribution in [1.82, 2.24) is 14.8 Å². The molecule has 4 nitrogen and oxygen atoms in total. The van der Waals surface area contributed by atoms with Crippen molar-refractivity contribution in [2.75, 3.05) is 5.73 Å². The van der Waals surface area contributed by atoms with Crippen molar-refractivity contribution in [3.05, 3.63) is 35.1 Å². The topological polar surface area (TPSA) is 59.6 Å². The maximum absolute atomic E-state index is 13.4. The molecular weight excluding hydrogens is 203 g/mol. The van der Waals surface area contributed by atoms with Gasteiger partial charge in [0.05, 0.1) is 0 Å². The van der Waals surface area contributed by atoms with E-state index in [4.69, 9.17) is 18.0 Å². The van der Waals surface area contributed by atoms with Gasteiger partial charge >= 0.3 is 0 Å². The monoisotopic (exact) mass is 210 g/mol. The summed E-state index contributed by atoms with van der Waals surface area (Å²) in [5.41, 5.74) is 6.10. The molecule has 1 heterocycles. The number of nitrogen functional groups attached to an aromatic ring is 1. The highest BCUT2D eigenvalue weighted by atomic mass is 32.1. The standard InChI is InChI=1S/C8H7FN4S/c9-6-3-5(10)1-2-7(6)13-8(14)11-4-12-13/h1-4H,10H2,(H,11,12,14). The van der Waals surface area contributed by atoms with Crippen LogP contribution in [0, 0.1) is 10.6 Å². The van der Waals surface area contributed by atoms with Gasteiger partial charge in [-0.25, -0.2) is 14.1 Å². The molecule has 0 aliphatic rings. The van der Waals surface area contributed by atoms with Crippen LogP contribution in [-0.4, -0.2) is 14.8 Å². The minimum atomic E-state index is -0.439. The Morgan fingerprint density at radius 3 is 2.86 bits per heavy atom. The number of aromatic nitrogens is 3. The first-order chi connectivity index (χ1) is 6.68. The summed E-state index contributed by atoms with van der Waals surface area (Å²) in [7, 11) is 0. The number of rotatable bonds is 1. The molecule has 1 aromatic heterocycles. The molecule has 0 spiro atoms. The van der Waals surface area contributed by atoms with Gasteiger partial charge in [0.15, 0.2) is 5.82 Å². The van der Waals surface area contributed by atoms with Crippen LogP contribution in [-0.2, 0) is 0 Å². The number of nitrogens with zero attached hydrogens (tertiary/aromatic N) is 2. The Kier molecular flexibility index (Phi) is 2.05. The number of aromatic amines is 1. The summed E-state index contributed by atoms with van der Waals surface area (Å²) in [5, 5.41) is 2.70. The Morgan fingerprint density at radius 1 is 1.50 bits per heavy atom. The van der Waals surface area contributed by atoms with Crippen LogP contribution in [0.5, 0.6) is 0 Å². The SMILES string of the molecule is Nc1ccc(-n2[nH]cnc2=S)c(F)c1. The van der Waals surface area contributed by atoms with Crippen molar-refractivity contribution in [3.8, 4) is 5.69 Å². The fourth-order valence-electron chi connectivity index (χ4n) is 1.13. The molecular formula is C8H7FN4S. The lowest BCUT2D eigenvalue weighted by atomic mass is 10.3. The summed E-state index contributed by atoms with van der Waals surface area (Å²) in [4.78, 5) is 3.78. The Hall–Kier alpha value is -1.69. The molecule has 0 fully saturated rings. The summed E-state index contributed by atoms with van der Waals surface area (Å²) in [6.45, 7) is 0. The molecule has 0 unspecified atom stereocenters. The minimum absolute atomic E-state index is 0.272. The molecule has 2 rings (SSSR count). The molecule has 0 saturated heterocycles. The average Bonchev–Trinajstić information content (AvgIpc) is 2.52. The first-order valence-electron chi connectivity index (χ1n) is 3.86. The second kappa shape index (κ2) is 3.22. The van der Waals surface area contributed by atoms with Crippen molar-refractivity contribution in [1.29, 1.82) is 0 Å². The average molecular weight is 210 g/mol. The highest BCUT2D eigenvalue weighted by molar-refractivity contribution is 7.71. The number of H-pyrrole nitrogens is 1. The van der Waals surface area contributed by atoms with Crippen LogP contribution < -0.4 is 5.73 Å². The van der Waals surface area contributed by atoms with Crippen LogP contribution in [0.4, 0.5) is 10.1 Å². The van der Waals surface area contributed by atoms with Crippen molar-refractivity contribution < 1.29 is 4.39 Å². The molecule has 2 aromatic rings. The normalized spacial score (nSPS) is 10.4. The predicted molar refractivity (Wildman–Crippen MR) is 53.1 cm³/mol. The number of halogens is 1. The van der Waals surface area contributed by atoms with E-state index < -0.39 is 5.82 Å². The largest absolute Gasteiger partial charge is 0.399 e. The van der Waals surface area contributed by atoms with E-state index in [0.717, 1.165) is 0 Å². The van der Waals surface area contributed by atoms with E-state index in [-0.39, 0.29) is 4.77 Å². The molecule has 14 heavy (non-hydrogen) atoms. The van der Waals surface area contributed by atoms with E-state index in [9.17, 15) is 4.39 Å². The van der Waals surface area contributed by atoms with Gasteiger partial charge in [-0.05, 0) is 30.4 Å². The van der Waals surface area contributed by atoms with Crippen molar-refractivity contribution in [3.63, 3.8) is 0 Å². The van der Waals surface area contributed by atoms with Gasteiger partial charge in [0, 0.05) is 5.69 Å². The Morgan fingerprint density at radius 2 is 2.29 bits per heavy atom. The maximum atomic E-state index is 13.4. The third-order valence-electron chi connectivity index (χ3n) is 1.77. The number of anilines is 1. The van der Waals surface area contributed by atoms with E-state index in [0.29, 0.717) is 11.4 Å². The van der Waals surface area contributed by atoms with Gasteiger partial charge in [-0.1, -0.05) is 0 Å². The van der Waals surface area contributed by atoms with Crippen LogP contribution in [0.1, 0.15) is 0 Å². The zero-order valence-corrected chi connectivity index (χ0v) is 7.88. The smallest absolute Gasteiger partial charge is 0.220 e. The van der Waals surface area contributed by atoms with Crippen molar-refractivity contribution in [2.24, 2.45) is 0 Å². The molecule has 1 aromatic carbocycles. The highest BCUT2D eigenvalue weighted by Gasteiger charge is 2.05. The number of benzene rings is 1. The van der Waals surface area contributed by atoms with E-state index in [2.05, 4.69) is 10.1 Å². The maximum Gasteiger partial charge on any atom is 0.220 e. The second-order valence-electron chi connectivity index (χ2n) is 2.72. The summed E-state index contributed by atoms with van der Waals surface area (Å²) < 4.78 is 15.0. The summed E-state index contributed by atoms with van der Waals surface area (Å²) in [6.07, 6.45) is 1.40. The van der Waals surface area contributed by atoms with Crippen molar-refractivity contribution >= 4 is 17.9 Å². The van der Waals surface area contributed by atoms with Gasteiger partial charge in [-0.2, -0.15) is 0 Å². The lowest BCUT2D eigenvalue weighted by molar-refractivity contribution is 0.610. The number of hydrogen-bond donors (Lipinski definition) is 2. The van der Waals surface area contributed by atoms with Crippen LogP contribution in [0.15, 0.2) is 24.5 Å². The highest BCUT2D eigenvalue weighted by Crippen LogP contribution is 2.15.